The van der Waals surface area contributed by atoms with Crippen LogP contribution < -0.4 is 5.56 Å². The Bertz CT molecular complexity index is 1560. The number of aromatic nitrogens is 2. The molecule has 0 aliphatic heterocycles. The fourth-order valence-corrected chi connectivity index (χ4v) is 5.58. The van der Waals surface area contributed by atoms with Gasteiger partial charge in [0.2, 0.25) is 0 Å². The Morgan fingerprint density at radius 2 is 1.59 bits per heavy atom. The molecule has 168 valence electrons. The summed E-state index contributed by atoms with van der Waals surface area (Å²) in [6.45, 7) is 2.95. The van der Waals surface area contributed by atoms with E-state index >= 15 is 0 Å². The van der Waals surface area contributed by atoms with E-state index in [1.54, 1.807) is 6.20 Å². The molecular formula is C31H28N2O. The summed E-state index contributed by atoms with van der Waals surface area (Å²) in [5.41, 5.74) is 11.0. The first kappa shape index (κ1) is 20.7. The summed E-state index contributed by atoms with van der Waals surface area (Å²) in [5.74, 6) is 0. The van der Waals surface area contributed by atoms with Crippen molar-refractivity contribution >= 4 is 10.9 Å². The molecule has 34 heavy (non-hydrogen) atoms. The third-order valence-corrected chi connectivity index (χ3v) is 7.31. The highest BCUT2D eigenvalue weighted by Gasteiger charge is 2.22. The maximum absolute atomic E-state index is 12.8. The van der Waals surface area contributed by atoms with Gasteiger partial charge in [0.05, 0.1) is 0 Å². The van der Waals surface area contributed by atoms with E-state index in [9.17, 15) is 4.79 Å². The summed E-state index contributed by atoms with van der Waals surface area (Å²) >= 11 is 0. The van der Waals surface area contributed by atoms with Crippen LogP contribution in [0.4, 0.5) is 0 Å². The van der Waals surface area contributed by atoms with E-state index in [1.165, 1.54) is 45.1 Å². The molecule has 1 aliphatic carbocycles. The van der Waals surface area contributed by atoms with Gasteiger partial charge in [0.25, 0.3) is 5.56 Å². The molecule has 0 saturated carbocycles. The molecule has 3 nitrogen and oxygen atoms in total. The lowest BCUT2D eigenvalue weighted by Gasteiger charge is -2.14. The smallest absolute Gasteiger partial charge is 0.255 e. The second-order valence-corrected chi connectivity index (χ2v) is 9.38. The van der Waals surface area contributed by atoms with Crippen LogP contribution in [0.3, 0.4) is 0 Å². The summed E-state index contributed by atoms with van der Waals surface area (Å²) in [6, 6.07) is 28.0. The largest absolute Gasteiger partial charge is 0.340 e. The first-order valence-electron chi connectivity index (χ1n) is 12.1. The van der Waals surface area contributed by atoms with Gasteiger partial charge in [0, 0.05) is 40.5 Å². The average Bonchev–Trinajstić information content (AvgIpc) is 3.42. The normalized spacial score (nSPS) is 12.9. The highest BCUT2D eigenvalue weighted by molar-refractivity contribution is 5.99. The molecule has 5 aromatic rings. The fourth-order valence-electron chi connectivity index (χ4n) is 5.58. The van der Waals surface area contributed by atoms with Gasteiger partial charge >= 0.3 is 0 Å². The molecule has 3 heteroatoms. The summed E-state index contributed by atoms with van der Waals surface area (Å²) in [4.78, 5) is 15.7. The van der Waals surface area contributed by atoms with Crippen molar-refractivity contribution in [2.45, 2.75) is 39.2 Å². The maximum Gasteiger partial charge on any atom is 0.255 e. The summed E-state index contributed by atoms with van der Waals surface area (Å²) in [5, 5.41) is 1.19. The van der Waals surface area contributed by atoms with E-state index in [2.05, 4.69) is 83.2 Å². The second kappa shape index (κ2) is 8.49. The van der Waals surface area contributed by atoms with E-state index in [1.807, 2.05) is 12.1 Å². The zero-order valence-corrected chi connectivity index (χ0v) is 19.5. The summed E-state index contributed by atoms with van der Waals surface area (Å²) in [6.07, 6.45) is 6.09. The minimum atomic E-state index is -0.0328. The van der Waals surface area contributed by atoms with Gasteiger partial charge in [-0.05, 0) is 84.7 Å². The number of nitrogens with zero attached hydrogens (tertiary/aromatic N) is 1. The molecule has 0 amide bonds. The third kappa shape index (κ3) is 3.58. The molecule has 0 saturated heterocycles. The van der Waals surface area contributed by atoms with Crippen molar-refractivity contribution in [1.29, 1.82) is 0 Å². The molecule has 3 aromatic carbocycles. The van der Waals surface area contributed by atoms with Gasteiger partial charge < -0.3 is 9.55 Å². The van der Waals surface area contributed by atoms with Crippen molar-refractivity contribution in [3.05, 3.63) is 129 Å². The van der Waals surface area contributed by atoms with Gasteiger partial charge in [-0.25, -0.2) is 0 Å². The Labute approximate surface area is 199 Å². The van der Waals surface area contributed by atoms with Crippen molar-refractivity contribution in [3.8, 4) is 11.1 Å². The molecule has 0 radical (unpaired) electrons. The average molecular weight is 445 g/mol. The fraction of sp³-hybridized carbons (Fsp3) is 0.194. The molecule has 0 unspecified atom stereocenters. The number of fused-ring (bicyclic) bond motifs is 2. The van der Waals surface area contributed by atoms with Crippen molar-refractivity contribution < 1.29 is 0 Å². The lowest BCUT2D eigenvalue weighted by atomic mass is 9.99. The molecule has 1 N–H and O–H groups in total. The van der Waals surface area contributed by atoms with Gasteiger partial charge in [-0.3, -0.25) is 4.79 Å². The zero-order chi connectivity index (χ0) is 23.1. The molecule has 0 spiro atoms. The van der Waals surface area contributed by atoms with Gasteiger partial charge in [-0.2, -0.15) is 0 Å². The van der Waals surface area contributed by atoms with Crippen molar-refractivity contribution in [2.75, 3.05) is 0 Å². The van der Waals surface area contributed by atoms with Crippen molar-refractivity contribution in [2.24, 2.45) is 0 Å². The minimum Gasteiger partial charge on any atom is -0.340 e. The Morgan fingerprint density at radius 1 is 0.853 bits per heavy atom. The van der Waals surface area contributed by atoms with E-state index in [0.29, 0.717) is 0 Å². The topological polar surface area (TPSA) is 37.8 Å². The molecule has 2 aromatic heterocycles. The highest BCUT2D eigenvalue weighted by atomic mass is 16.1. The summed E-state index contributed by atoms with van der Waals surface area (Å²) < 4.78 is 2.42. The Kier molecular flexibility index (Phi) is 5.18. The Balaban J connectivity index is 1.52. The van der Waals surface area contributed by atoms with Gasteiger partial charge in [-0.1, -0.05) is 54.6 Å². The monoisotopic (exact) mass is 444 g/mol. The molecule has 0 bridgehead atoms. The molecule has 1 aliphatic rings. The SMILES string of the molecule is Cc1c(-c2ccc[nH]c2=O)c2cc3c(cc2n1Cc1ccccc1Cc1ccccc1)CCC3. The van der Waals surface area contributed by atoms with Crippen LogP contribution in [0.2, 0.25) is 0 Å². The van der Waals surface area contributed by atoms with E-state index in [0.717, 1.165) is 42.6 Å². The molecule has 0 fully saturated rings. The quantitative estimate of drug-likeness (QED) is 0.333. The summed E-state index contributed by atoms with van der Waals surface area (Å²) in [7, 11) is 0. The van der Waals surface area contributed by atoms with E-state index in [4.69, 9.17) is 0 Å². The second-order valence-electron chi connectivity index (χ2n) is 9.38. The number of hydrogen-bond acceptors (Lipinski definition) is 1. The number of aryl methyl sites for hydroxylation is 2. The molecule has 6 rings (SSSR count). The van der Waals surface area contributed by atoms with Crippen LogP contribution in [0.1, 0.15) is 39.9 Å². The standard InChI is InChI=1S/C31H28N2O/c1-21-30(27-15-8-16-32-31(27)34)28-18-24-13-7-14-25(24)19-29(28)33(21)20-26-12-6-5-11-23(26)17-22-9-3-2-4-10-22/h2-6,8-12,15-16,18-19H,7,13-14,17,20H2,1H3,(H,32,34). The number of aromatic amines is 1. The number of pyridine rings is 1. The number of nitrogens with one attached hydrogen (secondary N) is 1. The van der Waals surface area contributed by atoms with Crippen LogP contribution in [-0.2, 0) is 25.8 Å². The third-order valence-electron chi connectivity index (χ3n) is 7.31. The number of hydrogen-bond donors (Lipinski definition) is 1. The Hall–Kier alpha value is -3.85. The van der Waals surface area contributed by atoms with Crippen LogP contribution >= 0.6 is 0 Å². The van der Waals surface area contributed by atoms with Crippen molar-refractivity contribution in [1.82, 2.24) is 9.55 Å². The number of benzene rings is 3. The van der Waals surface area contributed by atoms with E-state index < -0.39 is 0 Å². The van der Waals surface area contributed by atoms with E-state index in [-0.39, 0.29) is 5.56 Å². The minimum absolute atomic E-state index is 0.0328. The van der Waals surface area contributed by atoms with Crippen LogP contribution in [0.25, 0.3) is 22.0 Å². The lowest BCUT2D eigenvalue weighted by Crippen LogP contribution is -2.09. The van der Waals surface area contributed by atoms with Crippen LogP contribution in [-0.4, -0.2) is 9.55 Å². The molecular weight excluding hydrogens is 416 g/mol. The van der Waals surface area contributed by atoms with Crippen molar-refractivity contribution in [3.63, 3.8) is 0 Å². The van der Waals surface area contributed by atoms with Gasteiger partial charge in [-0.15, -0.1) is 0 Å². The Morgan fingerprint density at radius 3 is 2.38 bits per heavy atom. The lowest BCUT2D eigenvalue weighted by molar-refractivity contribution is 0.796. The predicted octanol–water partition coefficient (Wildman–Crippen LogP) is 6.43. The number of H-pyrrole nitrogens is 1. The first-order chi connectivity index (χ1) is 16.7. The molecule has 2 heterocycles. The molecule has 0 atom stereocenters. The van der Waals surface area contributed by atoms with Gasteiger partial charge in [0.15, 0.2) is 0 Å². The van der Waals surface area contributed by atoms with Gasteiger partial charge in [0.1, 0.15) is 0 Å². The van der Waals surface area contributed by atoms with Crippen LogP contribution in [0.5, 0.6) is 0 Å². The zero-order valence-electron chi connectivity index (χ0n) is 19.5. The van der Waals surface area contributed by atoms with Crippen LogP contribution in [0.15, 0.2) is 89.9 Å². The highest BCUT2D eigenvalue weighted by Crippen LogP contribution is 2.37. The number of rotatable bonds is 5. The van der Waals surface area contributed by atoms with Crippen LogP contribution in [0, 0.1) is 6.92 Å². The predicted molar refractivity (Wildman–Crippen MR) is 140 cm³/mol. The first-order valence-corrected chi connectivity index (χ1v) is 12.1. The maximum atomic E-state index is 12.8.